The van der Waals surface area contributed by atoms with Gasteiger partial charge in [-0.25, -0.2) is 4.98 Å². The molecule has 1 unspecified atom stereocenters. The molecule has 1 saturated heterocycles. The molecule has 7 heteroatoms. The van der Waals surface area contributed by atoms with E-state index in [2.05, 4.69) is 44.5 Å². The SMILES string of the molecule is Cc1cccc(-c2[nH]cnc2-c2ccc3ncc(C4=CCC(C(=O)O[C@@H]5CCNC5)CC4)cc3c2)n1. The van der Waals surface area contributed by atoms with Crippen LogP contribution < -0.4 is 5.32 Å². The molecule has 0 amide bonds. The third-order valence-corrected chi connectivity index (χ3v) is 7.15. The average Bonchev–Trinajstić information content (AvgIpc) is 3.61. The van der Waals surface area contributed by atoms with Crippen molar-refractivity contribution in [3.05, 3.63) is 72.3 Å². The fraction of sp³-hybridized carbons (Fsp3) is 0.310. The molecule has 7 nitrogen and oxygen atoms in total. The average molecular weight is 480 g/mol. The molecule has 1 fully saturated rings. The number of nitrogens with one attached hydrogen (secondary N) is 2. The molecule has 1 aromatic carbocycles. The van der Waals surface area contributed by atoms with Gasteiger partial charge in [-0.2, -0.15) is 0 Å². The molecule has 36 heavy (non-hydrogen) atoms. The first kappa shape index (κ1) is 22.6. The smallest absolute Gasteiger partial charge is 0.309 e. The van der Waals surface area contributed by atoms with Gasteiger partial charge >= 0.3 is 5.97 Å². The molecule has 0 bridgehead atoms. The molecular weight excluding hydrogens is 450 g/mol. The lowest BCUT2D eigenvalue weighted by Gasteiger charge is -2.22. The van der Waals surface area contributed by atoms with Crippen LogP contribution in [0.15, 0.2) is 61.1 Å². The van der Waals surface area contributed by atoms with Crippen LogP contribution in [0.5, 0.6) is 0 Å². The van der Waals surface area contributed by atoms with E-state index < -0.39 is 0 Å². The fourth-order valence-corrected chi connectivity index (χ4v) is 5.14. The molecule has 2 N–H and O–H groups in total. The monoisotopic (exact) mass is 479 g/mol. The number of rotatable bonds is 5. The molecule has 6 rings (SSSR count). The molecular formula is C29H29N5O2. The summed E-state index contributed by atoms with van der Waals surface area (Å²) in [5, 5.41) is 4.31. The number of aromatic amines is 1. The minimum absolute atomic E-state index is 0.0264. The van der Waals surface area contributed by atoms with Gasteiger partial charge in [0, 0.05) is 29.4 Å². The predicted molar refractivity (Wildman–Crippen MR) is 140 cm³/mol. The van der Waals surface area contributed by atoms with Crippen molar-refractivity contribution in [2.75, 3.05) is 13.1 Å². The summed E-state index contributed by atoms with van der Waals surface area (Å²) in [6.07, 6.45) is 9.14. The zero-order valence-corrected chi connectivity index (χ0v) is 20.3. The second-order valence-electron chi connectivity index (χ2n) is 9.67. The van der Waals surface area contributed by atoms with Crippen LogP contribution in [0.3, 0.4) is 0 Å². The van der Waals surface area contributed by atoms with Crippen molar-refractivity contribution in [1.29, 1.82) is 0 Å². The Morgan fingerprint density at radius 2 is 2.00 bits per heavy atom. The van der Waals surface area contributed by atoms with E-state index in [1.54, 1.807) is 6.33 Å². The minimum Gasteiger partial charge on any atom is -0.461 e. The van der Waals surface area contributed by atoms with Crippen LogP contribution in [0, 0.1) is 12.8 Å². The number of fused-ring (bicyclic) bond motifs is 1. The third kappa shape index (κ3) is 4.54. The van der Waals surface area contributed by atoms with Gasteiger partial charge in [-0.15, -0.1) is 0 Å². The van der Waals surface area contributed by atoms with E-state index in [4.69, 9.17) is 9.72 Å². The van der Waals surface area contributed by atoms with Crippen LogP contribution in [-0.4, -0.2) is 45.1 Å². The number of imidazole rings is 1. The Kier molecular flexibility index (Phi) is 6.07. The first-order chi connectivity index (χ1) is 17.6. The van der Waals surface area contributed by atoms with Crippen molar-refractivity contribution in [3.63, 3.8) is 0 Å². The van der Waals surface area contributed by atoms with Crippen molar-refractivity contribution in [2.24, 2.45) is 5.92 Å². The number of nitrogens with zero attached hydrogens (tertiary/aromatic N) is 3. The van der Waals surface area contributed by atoms with Crippen molar-refractivity contribution < 1.29 is 9.53 Å². The standard InChI is InChI=1S/C29H29N5O2/c1-18-3-2-4-26(34-18)28-27(32-17-33-28)21-9-10-25-22(13-21)14-23(15-31-25)19-5-7-20(8-6-19)29(35)36-24-11-12-30-16-24/h2-5,9-10,13-15,17,20,24,30H,6-8,11-12,16H2,1H3,(H,32,33)/t20?,24-/m1/s1. The van der Waals surface area contributed by atoms with Gasteiger partial charge in [-0.05, 0) is 80.6 Å². The van der Waals surface area contributed by atoms with Crippen molar-refractivity contribution >= 4 is 22.4 Å². The van der Waals surface area contributed by atoms with Gasteiger partial charge in [0.2, 0.25) is 0 Å². The number of benzene rings is 1. The van der Waals surface area contributed by atoms with Crippen LogP contribution in [0.2, 0.25) is 0 Å². The highest BCUT2D eigenvalue weighted by atomic mass is 16.5. The Hall–Kier alpha value is -3.84. The topological polar surface area (TPSA) is 92.8 Å². The summed E-state index contributed by atoms with van der Waals surface area (Å²) >= 11 is 0. The van der Waals surface area contributed by atoms with Crippen LogP contribution in [0.1, 0.15) is 36.9 Å². The normalized spacial score (nSPS) is 19.9. The van der Waals surface area contributed by atoms with Gasteiger partial charge in [-0.1, -0.05) is 18.2 Å². The lowest BCUT2D eigenvalue weighted by Crippen LogP contribution is -2.26. The Morgan fingerprint density at radius 1 is 1.08 bits per heavy atom. The number of hydrogen-bond acceptors (Lipinski definition) is 6. The van der Waals surface area contributed by atoms with Crippen LogP contribution in [-0.2, 0) is 9.53 Å². The van der Waals surface area contributed by atoms with Gasteiger partial charge in [0.05, 0.1) is 34.8 Å². The molecule has 0 radical (unpaired) electrons. The van der Waals surface area contributed by atoms with E-state index in [1.807, 2.05) is 37.4 Å². The summed E-state index contributed by atoms with van der Waals surface area (Å²) in [5.74, 6) is -0.110. The van der Waals surface area contributed by atoms with Gasteiger partial charge in [0.1, 0.15) is 6.10 Å². The first-order valence-electron chi connectivity index (χ1n) is 12.6. The van der Waals surface area contributed by atoms with E-state index >= 15 is 0 Å². The second kappa shape index (κ2) is 9.66. The van der Waals surface area contributed by atoms with Crippen LogP contribution in [0.4, 0.5) is 0 Å². The highest BCUT2D eigenvalue weighted by Crippen LogP contribution is 2.34. The number of aromatic nitrogens is 4. The maximum absolute atomic E-state index is 12.6. The maximum Gasteiger partial charge on any atom is 0.309 e. The predicted octanol–water partition coefficient (Wildman–Crippen LogP) is 5.08. The Balaban J connectivity index is 1.24. The zero-order valence-electron chi connectivity index (χ0n) is 20.3. The lowest BCUT2D eigenvalue weighted by atomic mass is 9.86. The molecule has 2 atom stereocenters. The quantitative estimate of drug-likeness (QED) is 0.388. The number of allylic oxidation sites excluding steroid dienone is 2. The highest BCUT2D eigenvalue weighted by molar-refractivity contribution is 5.89. The molecule has 0 spiro atoms. The Bertz CT molecular complexity index is 1450. The first-order valence-corrected chi connectivity index (χ1v) is 12.6. The Labute approximate surface area is 210 Å². The molecule has 1 aliphatic heterocycles. The van der Waals surface area contributed by atoms with E-state index in [9.17, 15) is 4.79 Å². The van der Waals surface area contributed by atoms with Gasteiger partial charge in [0.25, 0.3) is 0 Å². The molecule has 0 saturated carbocycles. The number of carbonyl (C=O) groups is 1. The van der Waals surface area contributed by atoms with Gasteiger partial charge in [-0.3, -0.25) is 14.8 Å². The van der Waals surface area contributed by atoms with Gasteiger partial charge < -0.3 is 15.0 Å². The van der Waals surface area contributed by atoms with Crippen LogP contribution >= 0.6 is 0 Å². The fourth-order valence-electron chi connectivity index (χ4n) is 5.14. The summed E-state index contributed by atoms with van der Waals surface area (Å²) < 4.78 is 5.69. The number of H-pyrrole nitrogens is 1. The van der Waals surface area contributed by atoms with Crippen molar-refractivity contribution in [3.8, 4) is 22.6 Å². The molecule has 3 aromatic heterocycles. The zero-order chi connectivity index (χ0) is 24.5. The molecule has 1 aliphatic carbocycles. The van der Waals surface area contributed by atoms with Crippen molar-refractivity contribution in [1.82, 2.24) is 25.3 Å². The molecule has 182 valence electrons. The molecule has 2 aliphatic rings. The van der Waals surface area contributed by atoms with E-state index in [-0.39, 0.29) is 18.0 Å². The van der Waals surface area contributed by atoms with E-state index in [0.29, 0.717) is 6.42 Å². The van der Waals surface area contributed by atoms with Crippen molar-refractivity contribution in [2.45, 2.75) is 38.7 Å². The Morgan fingerprint density at radius 3 is 2.81 bits per heavy atom. The molecule has 4 aromatic rings. The maximum atomic E-state index is 12.6. The number of hydrogen-bond donors (Lipinski definition) is 2. The molecule has 4 heterocycles. The number of aryl methyl sites for hydroxylation is 1. The number of pyridine rings is 2. The number of esters is 1. The minimum atomic E-state index is -0.0572. The summed E-state index contributed by atoms with van der Waals surface area (Å²) in [5.41, 5.74) is 7.92. The third-order valence-electron chi connectivity index (χ3n) is 7.15. The summed E-state index contributed by atoms with van der Waals surface area (Å²) in [6.45, 7) is 3.68. The van der Waals surface area contributed by atoms with Gasteiger partial charge in [0.15, 0.2) is 0 Å². The second-order valence-corrected chi connectivity index (χ2v) is 9.67. The lowest BCUT2D eigenvalue weighted by molar-refractivity contribution is -0.153. The van der Waals surface area contributed by atoms with E-state index in [0.717, 1.165) is 77.2 Å². The largest absolute Gasteiger partial charge is 0.461 e. The van der Waals surface area contributed by atoms with Crippen LogP contribution in [0.25, 0.3) is 39.1 Å². The number of carbonyl (C=O) groups excluding carboxylic acids is 1. The number of ether oxygens (including phenoxy) is 1. The summed E-state index contributed by atoms with van der Waals surface area (Å²) in [6, 6.07) is 14.4. The highest BCUT2D eigenvalue weighted by Gasteiger charge is 2.27. The summed E-state index contributed by atoms with van der Waals surface area (Å²) in [4.78, 5) is 29.8. The summed E-state index contributed by atoms with van der Waals surface area (Å²) in [7, 11) is 0. The van der Waals surface area contributed by atoms with E-state index in [1.165, 1.54) is 5.57 Å².